The fourth-order valence-electron chi connectivity index (χ4n) is 3.41. The molecule has 1 N–H and O–H groups in total. The van der Waals surface area contributed by atoms with E-state index in [9.17, 15) is 4.79 Å². The summed E-state index contributed by atoms with van der Waals surface area (Å²) >= 11 is 0. The highest BCUT2D eigenvalue weighted by Crippen LogP contribution is 2.29. The quantitative estimate of drug-likeness (QED) is 0.626. The molecule has 1 fully saturated rings. The molecule has 126 valence electrons. The van der Waals surface area contributed by atoms with Gasteiger partial charge in [-0.15, -0.1) is 0 Å². The molecule has 4 nitrogen and oxygen atoms in total. The van der Waals surface area contributed by atoms with Crippen molar-refractivity contribution in [1.29, 1.82) is 0 Å². The number of carbonyl (C=O) groups excluding carboxylic acids is 1. The van der Waals surface area contributed by atoms with Gasteiger partial charge >= 0.3 is 0 Å². The predicted molar refractivity (Wildman–Crippen MR) is 96.8 cm³/mol. The first-order valence-corrected chi connectivity index (χ1v) is 8.62. The third-order valence-corrected chi connectivity index (χ3v) is 4.66. The molecule has 1 aliphatic heterocycles. The van der Waals surface area contributed by atoms with Crippen molar-refractivity contribution in [3.63, 3.8) is 0 Å². The maximum Gasteiger partial charge on any atom is 0.207 e. The third-order valence-electron chi connectivity index (χ3n) is 4.66. The predicted octanol–water partition coefficient (Wildman–Crippen LogP) is 2.14. The number of amides is 1. The molecule has 0 aromatic heterocycles. The van der Waals surface area contributed by atoms with Crippen molar-refractivity contribution in [3.05, 3.63) is 71.8 Å². The van der Waals surface area contributed by atoms with E-state index in [0.717, 1.165) is 45.7 Å². The fourth-order valence-corrected chi connectivity index (χ4v) is 3.41. The molecule has 0 unspecified atom stereocenters. The molecule has 24 heavy (non-hydrogen) atoms. The van der Waals surface area contributed by atoms with Gasteiger partial charge in [-0.05, 0) is 11.1 Å². The number of nitrogens with zero attached hydrogens (tertiary/aromatic N) is 2. The molecule has 2 aromatic carbocycles. The van der Waals surface area contributed by atoms with Gasteiger partial charge < -0.3 is 5.32 Å². The van der Waals surface area contributed by atoms with E-state index < -0.39 is 0 Å². The van der Waals surface area contributed by atoms with E-state index >= 15 is 0 Å². The molecule has 1 saturated heterocycles. The molecule has 4 heteroatoms. The standard InChI is InChI=1S/C20H25N3O/c24-17-21-11-12-22-13-15-23(16-14-22)20(18-7-3-1-4-8-18)19-9-5-2-6-10-19/h1-10,17,20H,11-16H2,(H,21,24). The Morgan fingerprint density at radius 2 is 1.42 bits per heavy atom. The van der Waals surface area contributed by atoms with E-state index in [1.165, 1.54) is 11.1 Å². The van der Waals surface area contributed by atoms with E-state index in [4.69, 9.17) is 0 Å². The highest BCUT2D eigenvalue weighted by atomic mass is 16.1. The molecule has 3 rings (SSSR count). The van der Waals surface area contributed by atoms with E-state index in [1.807, 2.05) is 0 Å². The Labute approximate surface area is 144 Å². The Kier molecular flexibility index (Phi) is 5.99. The second kappa shape index (κ2) is 8.62. The third kappa shape index (κ3) is 4.22. The first-order valence-electron chi connectivity index (χ1n) is 8.62. The van der Waals surface area contributed by atoms with Crippen molar-refractivity contribution in [3.8, 4) is 0 Å². The zero-order chi connectivity index (χ0) is 16.6. The van der Waals surface area contributed by atoms with Crippen LogP contribution >= 0.6 is 0 Å². The molecule has 0 spiro atoms. The summed E-state index contributed by atoms with van der Waals surface area (Å²) in [6, 6.07) is 21.8. The Hall–Kier alpha value is -2.17. The highest BCUT2D eigenvalue weighted by molar-refractivity contribution is 5.45. The van der Waals surface area contributed by atoms with Gasteiger partial charge in [-0.1, -0.05) is 60.7 Å². The average Bonchev–Trinajstić information content (AvgIpc) is 2.65. The second-order valence-electron chi connectivity index (χ2n) is 6.17. The molecule has 1 amide bonds. The molecule has 0 radical (unpaired) electrons. The first kappa shape index (κ1) is 16.7. The van der Waals surface area contributed by atoms with Gasteiger partial charge in [0, 0.05) is 39.3 Å². The first-order chi connectivity index (χ1) is 11.9. The number of benzene rings is 2. The Morgan fingerprint density at radius 3 is 1.92 bits per heavy atom. The topological polar surface area (TPSA) is 35.6 Å². The zero-order valence-corrected chi connectivity index (χ0v) is 14.0. The van der Waals surface area contributed by atoms with Gasteiger partial charge in [0.25, 0.3) is 0 Å². The minimum Gasteiger partial charge on any atom is -0.357 e. The lowest BCUT2D eigenvalue weighted by molar-refractivity contribution is -0.109. The second-order valence-corrected chi connectivity index (χ2v) is 6.17. The molecular formula is C20H25N3O. The van der Waals surface area contributed by atoms with E-state index in [2.05, 4.69) is 75.8 Å². The Morgan fingerprint density at radius 1 is 0.875 bits per heavy atom. The highest BCUT2D eigenvalue weighted by Gasteiger charge is 2.25. The summed E-state index contributed by atoms with van der Waals surface area (Å²) in [6.07, 6.45) is 0.775. The van der Waals surface area contributed by atoms with Crippen LogP contribution in [0.2, 0.25) is 0 Å². The fraction of sp³-hybridized carbons (Fsp3) is 0.350. The number of nitrogens with one attached hydrogen (secondary N) is 1. The molecule has 0 bridgehead atoms. The Balaban J connectivity index is 1.70. The van der Waals surface area contributed by atoms with Gasteiger partial charge in [-0.2, -0.15) is 0 Å². The lowest BCUT2D eigenvalue weighted by Gasteiger charge is -2.39. The van der Waals surface area contributed by atoms with Crippen molar-refractivity contribution in [2.75, 3.05) is 39.3 Å². The smallest absolute Gasteiger partial charge is 0.207 e. The molecule has 1 aliphatic rings. The van der Waals surface area contributed by atoms with Crippen LogP contribution in [-0.2, 0) is 4.79 Å². The SMILES string of the molecule is O=CNCCN1CCN(C(c2ccccc2)c2ccccc2)CC1. The van der Waals surface area contributed by atoms with Gasteiger partial charge in [0.1, 0.15) is 0 Å². The summed E-state index contributed by atoms with van der Waals surface area (Å²) in [5.74, 6) is 0. The average molecular weight is 323 g/mol. The van der Waals surface area contributed by atoms with Crippen LogP contribution < -0.4 is 5.32 Å². The Bertz CT molecular complexity index is 570. The molecular weight excluding hydrogens is 298 g/mol. The summed E-state index contributed by atoms with van der Waals surface area (Å²) in [4.78, 5) is 15.3. The number of carbonyl (C=O) groups is 1. The maximum absolute atomic E-state index is 10.4. The summed E-state index contributed by atoms with van der Waals surface area (Å²) in [5.41, 5.74) is 2.69. The minimum absolute atomic E-state index is 0.308. The van der Waals surface area contributed by atoms with Crippen LogP contribution in [0.1, 0.15) is 17.2 Å². The van der Waals surface area contributed by atoms with Crippen LogP contribution in [0, 0.1) is 0 Å². The van der Waals surface area contributed by atoms with Gasteiger partial charge in [0.15, 0.2) is 0 Å². The largest absolute Gasteiger partial charge is 0.357 e. The number of piperazine rings is 1. The summed E-state index contributed by atoms with van der Waals surface area (Å²) < 4.78 is 0. The van der Waals surface area contributed by atoms with E-state index in [0.29, 0.717) is 6.04 Å². The lowest BCUT2D eigenvalue weighted by Crippen LogP contribution is -2.49. The molecule has 0 saturated carbocycles. The van der Waals surface area contributed by atoms with Crippen molar-refractivity contribution < 1.29 is 4.79 Å². The van der Waals surface area contributed by atoms with Crippen molar-refractivity contribution in [1.82, 2.24) is 15.1 Å². The van der Waals surface area contributed by atoms with Crippen LogP contribution in [-0.4, -0.2) is 55.5 Å². The lowest BCUT2D eigenvalue weighted by atomic mass is 9.96. The normalized spacial score (nSPS) is 16.2. The van der Waals surface area contributed by atoms with Gasteiger partial charge in [0.2, 0.25) is 6.41 Å². The minimum atomic E-state index is 0.308. The van der Waals surface area contributed by atoms with Crippen molar-refractivity contribution in [2.24, 2.45) is 0 Å². The maximum atomic E-state index is 10.4. The van der Waals surface area contributed by atoms with Crippen LogP contribution in [0.4, 0.5) is 0 Å². The monoisotopic (exact) mass is 323 g/mol. The van der Waals surface area contributed by atoms with E-state index in [1.54, 1.807) is 0 Å². The summed E-state index contributed by atoms with van der Waals surface area (Å²) in [6.45, 7) is 5.80. The van der Waals surface area contributed by atoms with Crippen LogP contribution in [0.25, 0.3) is 0 Å². The zero-order valence-electron chi connectivity index (χ0n) is 14.0. The number of hydrogen-bond acceptors (Lipinski definition) is 3. The van der Waals surface area contributed by atoms with Crippen LogP contribution in [0.3, 0.4) is 0 Å². The van der Waals surface area contributed by atoms with Gasteiger partial charge in [0.05, 0.1) is 6.04 Å². The van der Waals surface area contributed by atoms with Crippen molar-refractivity contribution >= 4 is 6.41 Å². The molecule has 2 aromatic rings. The summed E-state index contributed by atoms with van der Waals surface area (Å²) in [5, 5.41) is 2.75. The van der Waals surface area contributed by atoms with Gasteiger partial charge in [-0.3, -0.25) is 14.6 Å². The van der Waals surface area contributed by atoms with Crippen LogP contribution in [0.5, 0.6) is 0 Å². The molecule has 1 heterocycles. The van der Waals surface area contributed by atoms with Crippen molar-refractivity contribution in [2.45, 2.75) is 6.04 Å². The van der Waals surface area contributed by atoms with Crippen LogP contribution in [0.15, 0.2) is 60.7 Å². The number of hydrogen-bond donors (Lipinski definition) is 1. The van der Waals surface area contributed by atoms with E-state index in [-0.39, 0.29) is 0 Å². The van der Waals surface area contributed by atoms with Gasteiger partial charge in [-0.25, -0.2) is 0 Å². The number of rotatable bonds is 7. The summed E-state index contributed by atoms with van der Waals surface area (Å²) in [7, 11) is 0. The molecule has 0 aliphatic carbocycles. The molecule has 0 atom stereocenters.